The minimum absolute atomic E-state index is 0.00297. The summed E-state index contributed by atoms with van der Waals surface area (Å²) in [4.78, 5) is 25.6. The van der Waals surface area contributed by atoms with Crippen LogP contribution < -0.4 is 16.1 Å². The zero-order valence-corrected chi connectivity index (χ0v) is 19.3. The van der Waals surface area contributed by atoms with Gasteiger partial charge in [0.2, 0.25) is 15.5 Å². The molecule has 0 amide bonds. The van der Waals surface area contributed by atoms with Gasteiger partial charge in [0.25, 0.3) is 0 Å². The van der Waals surface area contributed by atoms with E-state index < -0.39 is 38.6 Å². The van der Waals surface area contributed by atoms with Gasteiger partial charge in [0.15, 0.2) is 5.82 Å². The number of piperazine rings is 1. The second-order valence-electron chi connectivity index (χ2n) is 8.69. The zero-order chi connectivity index (χ0) is 25.1. The summed E-state index contributed by atoms with van der Waals surface area (Å²) in [7, 11) is -3.80. The molecule has 0 unspecified atom stereocenters. The van der Waals surface area contributed by atoms with Gasteiger partial charge in [-0.2, -0.15) is 4.31 Å². The van der Waals surface area contributed by atoms with Gasteiger partial charge in [-0.3, -0.25) is 4.79 Å². The van der Waals surface area contributed by atoms with Gasteiger partial charge in [-0.15, -0.1) is 0 Å². The molecule has 1 saturated carbocycles. The number of carbonyl (C=O) groups is 1. The molecule has 1 saturated heterocycles. The number of sulfonamides is 1. The number of nitrogens with two attached hydrogens (primary N) is 1. The van der Waals surface area contributed by atoms with Crippen LogP contribution in [0, 0.1) is 11.6 Å². The number of fused-ring (bicyclic) bond motifs is 1. The molecular formula is C23H22F2N4O5S. The van der Waals surface area contributed by atoms with Crippen LogP contribution in [0.5, 0.6) is 0 Å². The third-order valence-electron chi connectivity index (χ3n) is 6.43. The molecule has 1 aliphatic heterocycles. The van der Waals surface area contributed by atoms with Crippen molar-refractivity contribution >= 4 is 38.3 Å². The summed E-state index contributed by atoms with van der Waals surface area (Å²) in [6.45, 7) is 0.0385. The Labute approximate surface area is 199 Å². The lowest BCUT2D eigenvalue weighted by atomic mass is 10.1. The second-order valence-corrected chi connectivity index (χ2v) is 10.6. The van der Waals surface area contributed by atoms with Gasteiger partial charge < -0.3 is 20.3 Å². The molecule has 12 heteroatoms. The first-order valence-corrected chi connectivity index (χ1v) is 12.4. The Bertz CT molecular complexity index is 1510. The van der Waals surface area contributed by atoms with E-state index in [4.69, 9.17) is 5.73 Å². The Kier molecular flexibility index (Phi) is 5.52. The van der Waals surface area contributed by atoms with Crippen LogP contribution in [0.4, 0.5) is 20.2 Å². The van der Waals surface area contributed by atoms with Crippen LogP contribution in [0.3, 0.4) is 0 Å². The minimum Gasteiger partial charge on any atom is -0.477 e. The van der Waals surface area contributed by atoms with Crippen molar-refractivity contribution in [2.45, 2.75) is 23.8 Å². The van der Waals surface area contributed by atoms with Gasteiger partial charge in [0.05, 0.1) is 15.8 Å². The van der Waals surface area contributed by atoms with Crippen molar-refractivity contribution in [3.8, 4) is 0 Å². The van der Waals surface area contributed by atoms with Crippen LogP contribution in [0.15, 0.2) is 46.2 Å². The Hall–Kier alpha value is -3.51. The van der Waals surface area contributed by atoms with E-state index >= 15 is 8.78 Å². The predicted octanol–water partition coefficient (Wildman–Crippen LogP) is 2.41. The summed E-state index contributed by atoms with van der Waals surface area (Å²) in [6.07, 6.45) is 2.49. The van der Waals surface area contributed by atoms with Crippen LogP contribution in [-0.4, -0.2) is 54.5 Å². The normalized spacial score (nSPS) is 17.1. The van der Waals surface area contributed by atoms with Crippen molar-refractivity contribution in [2.24, 2.45) is 0 Å². The number of aromatic carboxylic acids is 1. The number of carboxylic acid groups (broad SMARTS) is 1. The maximum Gasteiger partial charge on any atom is 0.341 e. The lowest BCUT2D eigenvalue weighted by Gasteiger charge is -2.35. The lowest BCUT2D eigenvalue weighted by molar-refractivity contribution is 0.0694. The summed E-state index contributed by atoms with van der Waals surface area (Å²) in [5.41, 5.74) is 4.06. The van der Waals surface area contributed by atoms with Gasteiger partial charge in [0.1, 0.15) is 17.1 Å². The number of rotatable bonds is 5. The molecular weight excluding hydrogens is 482 g/mol. The average molecular weight is 505 g/mol. The monoisotopic (exact) mass is 504 g/mol. The molecule has 1 aromatic heterocycles. The molecule has 5 rings (SSSR count). The number of nitrogen functional groups attached to an aromatic ring is 1. The number of pyridine rings is 1. The van der Waals surface area contributed by atoms with Crippen LogP contribution in [-0.2, 0) is 10.0 Å². The number of hydrogen-bond donors (Lipinski definition) is 2. The zero-order valence-electron chi connectivity index (χ0n) is 18.4. The highest BCUT2D eigenvalue weighted by molar-refractivity contribution is 7.89. The average Bonchev–Trinajstić information content (AvgIpc) is 3.65. The number of halogens is 2. The topological polar surface area (TPSA) is 126 Å². The maximum atomic E-state index is 15.8. The molecule has 0 spiro atoms. The van der Waals surface area contributed by atoms with Crippen molar-refractivity contribution < 1.29 is 27.1 Å². The van der Waals surface area contributed by atoms with Crippen molar-refractivity contribution in [3.63, 3.8) is 0 Å². The second kappa shape index (κ2) is 8.31. The highest BCUT2D eigenvalue weighted by atomic mass is 32.2. The van der Waals surface area contributed by atoms with E-state index in [0.29, 0.717) is 18.5 Å². The number of aromatic nitrogens is 1. The molecule has 2 aliphatic rings. The summed E-state index contributed by atoms with van der Waals surface area (Å²) in [5, 5.41) is 9.03. The fourth-order valence-corrected chi connectivity index (χ4v) is 5.88. The van der Waals surface area contributed by atoms with Crippen molar-refractivity contribution in [1.29, 1.82) is 0 Å². The Balaban J connectivity index is 1.50. The first-order valence-electron chi connectivity index (χ1n) is 11.0. The molecule has 184 valence electrons. The molecule has 3 aromatic rings. The number of anilines is 2. The highest BCUT2D eigenvalue weighted by Gasteiger charge is 2.33. The van der Waals surface area contributed by atoms with Crippen molar-refractivity contribution in [3.05, 3.63) is 63.9 Å². The molecule has 35 heavy (non-hydrogen) atoms. The van der Waals surface area contributed by atoms with E-state index in [1.54, 1.807) is 0 Å². The van der Waals surface area contributed by atoms with Crippen LogP contribution in [0.1, 0.15) is 29.2 Å². The summed E-state index contributed by atoms with van der Waals surface area (Å²) < 4.78 is 59.4. The third kappa shape index (κ3) is 3.92. The Morgan fingerprint density at radius 2 is 1.69 bits per heavy atom. The maximum absolute atomic E-state index is 15.8. The standard InChI is InChI=1S/C23H22F2N4O5S/c24-18-11-16-20(29(14-3-4-14)12-17(22(16)30)23(31)32)19(25)21(18)27-7-9-28(10-8-27)35(33,34)15-5-1-13(26)2-6-15/h1-2,5-6,11-12,14H,3-4,7-10,26H2,(H,31,32). The van der Waals surface area contributed by atoms with E-state index in [9.17, 15) is 23.1 Å². The number of nitrogens with zero attached hydrogens (tertiary/aromatic N) is 3. The van der Waals surface area contributed by atoms with Gasteiger partial charge in [-0.25, -0.2) is 22.0 Å². The fraction of sp³-hybridized carbons (Fsp3) is 0.304. The highest BCUT2D eigenvalue weighted by Crippen LogP contribution is 2.39. The van der Waals surface area contributed by atoms with Gasteiger partial charge in [-0.05, 0) is 43.2 Å². The Morgan fingerprint density at radius 3 is 2.26 bits per heavy atom. The molecule has 0 bridgehead atoms. The van der Waals surface area contributed by atoms with Crippen molar-refractivity contribution in [2.75, 3.05) is 36.8 Å². The summed E-state index contributed by atoms with van der Waals surface area (Å²) >= 11 is 0. The Morgan fingerprint density at radius 1 is 1.06 bits per heavy atom. The number of hydrogen-bond acceptors (Lipinski definition) is 6. The smallest absolute Gasteiger partial charge is 0.341 e. The number of carboxylic acids is 1. The molecule has 0 atom stereocenters. The first kappa shape index (κ1) is 23.2. The lowest BCUT2D eigenvalue weighted by Crippen LogP contribution is -2.49. The quantitative estimate of drug-likeness (QED) is 0.511. The molecule has 0 radical (unpaired) electrons. The van der Waals surface area contributed by atoms with Gasteiger partial charge in [-0.1, -0.05) is 0 Å². The molecule has 2 fully saturated rings. The van der Waals surface area contributed by atoms with E-state index in [1.807, 2.05) is 0 Å². The number of benzene rings is 2. The molecule has 1 aliphatic carbocycles. The summed E-state index contributed by atoms with van der Waals surface area (Å²) in [6, 6.07) is 6.48. The molecule has 9 nitrogen and oxygen atoms in total. The van der Waals surface area contributed by atoms with Crippen molar-refractivity contribution in [1.82, 2.24) is 8.87 Å². The van der Waals surface area contributed by atoms with Crippen LogP contribution in [0.25, 0.3) is 10.9 Å². The SMILES string of the molecule is Nc1ccc(S(=O)(=O)N2CCN(c3c(F)cc4c(=O)c(C(=O)O)cn(C5CC5)c4c3F)CC2)cc1. The fourth-order valence-electron chi connectivity index (χ4n) is 4.46. The predicted molar refractivity (Wildman–Crippen MR) is 125 cm³/mol. The van der Waals surface area contributed by atoms with Gasteiger partial charge in [0, 0.05) is 44.1 Å². The van der Waals surface area contributed by atoms with E-state index in [-0.39, 0.29) is 53.7 Å². The van der Waals surface area contributed by atoms with E-state index in [2.05, 4.69) is 0 Å². The largest absolute Gasteiger partial charge is 0.477 e. The molecule has 3 N–H and O–H groups in total. The van der Waals surface area contributed by atoms with Gasteiger partial charge >= 0.3 is 5.97 Å². The van der Waals surface area contributed by atoms with E-state index in [1.165, 1.54) is 38.0 Å². The third-order valence-corrected chi connectivity index (χ3v) is 8.34. The first-order chi connectivity index (χ1) is 16.6. The molecule has 2 aromatic carbocycles. The molecule has 2 heterocycles. The summed E-state index contributed by atoms with van der Waals surface area (Å²) in [5.74, 6) is -3.43. The van der Waals surface area contributed by atoms with Crippen LogP contribution in [0.2, 0.25) is 0 Å². The van der Waals surface area contributed by atoms with Crippen LogP contribution >= 0.6 is 0 Å². The van der Waals surface area contributed by atoms with E-state index in [0.717, 1.165) is 12.3 Å². The minimum atomic E-state index is -3.80.